The van der Waals surface area contributed by atoms with Crippen LogP contribution in [0.2, 0.25) is 0 Å². The van der Waals surface area contributed by atoms with Crippen molar-refractivity contribution in [3.63, 3.8) is 0 Å². The zero-order valence-corrected chi connectivity index (χ0v) is 8.06. The van der Waals surface area contributed by atoms with Crippen molar-refractivity contribution in [2.45, 2.75) is 26.4 Å². The maximum atomic E-state index is 12.2. The van der Waals surface area contributed by atoms with Crippen LogP contribution < -0.4 is 0 Å². The lowest BCUT2D eigenvalue weighted by atomic mass is 10.1. The molecule has 0 N–H and O–H groups in total. The molecule has 1 fully saturated rings. The van der Waals surface area contributed by atoms with E-state index >= 15 is 0 Å². The van der Waals surface area contributed by atoms with Crippen molar-refractivity contribution in [1.82, 2.24) is 4.90 Å². The Morgan fingerprint density at radius 2 is 2.00 bits per heavy atom. The van der Waals surface area contributed by atoms with Gasteiger partial charge in [0.05, 0.1) is 5.92 Å². The molecule has 0 bridgehead atoms. The SMILES string of the molecule is CC(C)CN1CC[C@@H](C(F)(F)F)C1. The first-order chi connectivity index (χ1) is 5.89. The number of hydrogen-bond acceptors (Lipinski definition) is 1. The molecule has 0 aromatic rings. The zero-order chi connectivity index (χ0) is 10.1. The van der Waals surface area contributed by atoms with Crippen LogP contribution in [0.15, 0.2) is 0 Å². The molecule has 4 heteroatoms. The Morgan fingerprint density at radius 3 is 2.38 bits per heavy atom. The van der Waals surface area contributed by atoms with Crippen LogP contribution in [0.3, 0.4) is 0 Å². The fraction of sp³-hybridized carbons (Fsp3) is 1.00. The smallest absolute Gasteiger partial charge is 0.302 e. The van der Waals surface area contributed by atoms with Gasteiger partial charge in [-0.3, -0.25) is 0 Å². The number of hydrogen-bond donors (Lipinski definition) is 0. The Balaban J connectivity index is 2.36. The van der Waals surface area contributed by atoms with Gasteiger partial charge in [-0.2, -0.15) is 13.2 Å². The van der Waals surface area contributed by atoms with E-state index in [9.17, 15) is 13.2 Å². The highest BCUT2D eigenvalue weighted by Crippen LogP contribution is 2.33. The molecule has 0 spiro atoms. The molecule has 0 unspecified atom stereocenters. The highest BCUT2D eigenvalue weighted by Gasteiger charge is 2.43. The molecule has 78 valence electrons. The van der Waals surface area contributed by atoms with Crippen LogP contribution in [-0.2, 0) is 0 Å². The second-order valence-corrected chi connectivity index (χ2v) is 4.18. The van der Waals surface area contributed by atoms with Gasteiger partial charge in [0, 0.05) is 13.1 Å². The van der Waals surface area contributed by atoms with Crippen molar-refractivity contribution >= 4 is 0 Å². The third kappa shape index (κ3) is 3.18. The molecule has 0 radical (unpaired) electrons. The molecule has 0 aliphatic carbocycles. The standard InChI is InChI=1S/C9H16F3N/c1-7(2)5-13-4-3-8(6-13)9(10,11)12/h7-8H,3-6H2,1-2H3/t8-/m1/s1. The number of alkyl halides is 3. The van der Waals surface area contributed by atoms with Crippen LogP contribution in [0.4, 0.5) is 13.2 Å². The minimum absolute atomic E-state index is 0.196. The highest BCUT2D eigenvalue weighted by molar-refractivity contribution is 4.80. The predicted octanol–water partition coefficient (Wildman–Crippen LogP) is 2.53. The van der Waals surface area contributed by atoms with E-state index in [-0.39, 0.29) is 13.0 Å². The van der Waals surface area contributed by atoms with E-state index in [1.54, 1.807) is 0 Å². The summed E-state index contributed by atoms with van der Waals surface area (Å²) in [4.78, 5) is 1.91. The fourth-order valence-electron chi connectivity index (χ4n) is 1.78. The Hall–Kier alpha value is -0.250. The predicted molar refractivity (Wildman–Crippen MR) is 45.4 cm³/mol. The van der Waals surface area contributed by atoms with Crippen molar-refractivity contribution in [1.29, 1.82) is 0 Å². The minimum Gasteiger partial charge on any atom is -0.302 e. The van der Waals surface area contributed by atoms with Crippen LogP contribution in [0.5, 0.6) is 0 Å². The lowest BCUT2D eigenvalue weighted by Crippen LogP contribution is -2.29. The summed E-state index contributed by atoms with van der Waals surface area (Å²) in [5, 5.41) is 0. The van der Waals surface area contributed by atoms with E-state index in [0.717, 1.165) is 6.54 Å². The quantitative estimate of drug-likeness (QED) is 0.654. The van der Waals surface area contributed by atoms with Gasteiger partial charge in [-0.25, -0.2) is 0 Å². The van der Waals surface area contributed by atoms with Gasteiger partial charge in [0.1, 0.15) is 0 Å². The summed E-state index contributed by atoms with van der Waals surface area (Å²) in [6.07, 6.45) is -3.72. The summed E-state index contributed by atoms with van der Waals surface area (Å²) in [5.74, 6) is -0.641. The lowest BCUT2D eigenvalue weighted by molar-refractivity contribution is -0.170. The van der Waals surface area contributed by atoms with Gasteiger partial charge in [0.25, 0.3) is 0 Å². The fourth-order valence-corrected chi connectivity index (χ4v) is 1.78. The molecule has 1 saturated heterocycles. The Kier molecular flexibility index (Phi) is 3.22. The number of rotatable bonds is 2. The normalized spacial score (nSPS) is 25.8. The first-order valence-corrected chi connectivity index (χ1v) is 4.68. The second kappa shape index (κ2) is 3.86. The van der Waals surface area contributed by atoms with E-state index in [2.05, 4.69) is 0 Å². The van der Waals surface area contributed by atoms with Crippen LogP contribution in [-0.4, -0.2) is 30.7 Å². The van der Waals surface area contributed by atoms with Gasteiger partial charge < -0.3 is 4.90 Å². The van der Waals surface area contributed by atoms with Gasteiger partial charge >= 0.3 is 6.18 Å². The van der Waals surface area contributed by atoms with Crippen LogP contribution in [0, 0.1) is 11.8 Å². The summed E-state index contributed by atoms with van der Waals surface area (Å²) in [6.45, 7) is 5.64. The third-order valence-corrected chi connectivity index (χ3v) is 2.36. The third-order valence-electron chi connectivity index (χ3n) is 2.36. The second-order valence-electron chi connectivity index (χ2n) is 4.18. The van der Waals surface area contributed by atoms with Crippen LogP contribution >= 0.6 is 0 Å². The first-order valence-electron chi connectivity index (χ1n) is 4.68. The summed E-state index contributed by atoms with van der Waals surface area (Å²) in [7, 11) is 0. The number of halogens is 3. The van der Waals surface area contributed by atoms with E-state index in [1.165, 1.54) is 0 Å². The van der Waals surface area contributed by atoms with Gasteiger partial charge in [-0.15, -0.1) is 0 Å². The number of likely N-dealkylation sites (tertiary alicyclic amines) is 1. The summed E-state index contributed by atoms with van der Waals surface area (Å²) in [5.41, 5.74) is 0. The Morgan fingerprint density at radius 1 is 1.38 bits per heavy atom. The van der Waals surface area contributed by atoms with E-state index in [0.29, 0.717) is 12.5 Å². The summed E-state index contributed by atoms with van der Waals surface area (Å²) < 4.78 is 36.7. The molecule has 0 aromatic heterocycles. The first kappa shape index (κ1) is 10.8. The molecule has 0 aromatic carbocycles. The molecule has 1 aliphatic heterocycles. The maximum Gasteiger partial charge on any atom is 0.393 e. The van der Waals surface area contributed by atoms with Crippen molar-refractivity contribution in [3.8, 4) is 0 Å². The molecule has 1 rings (SSSR count). The summed E-state index contributed by atoms with van der Waals surface area (Å²) >= 11 is 0. The van der Waals surface area contributed by atoms with E-state index in [1.807, 2.05) is 18.7 Å². The van der Waals surface area contributed by atoms with Gasteiger partial charge in [-0.05, 0) is 18.9 Å². The van der Waals surface area contributed by atoms with E-state index < -0.39 is 12.1 Å². The molecule has 13 heavy (non-hydrogen) atoms. The van der Waals surface area contributed by atoms with Gasteiger partial charge in [-0.1, -0.05) is 13.8 Å². The maximum absolute atomic E-state index is 12.2. The van der Waals surface area contributed by atoms with Crippen molar-refractivity contribution in [3.05, 3.63) is 0 Å². The topological polar surface area (TPSA) is 3.24 Å². The highest BCUT2D eigenvalue weighted by atomic mass is 19.4. The van der Waals surface area contributed by atoms with Gasteiger partial charge in [0.2, 0.25) is 0 Å². The molecule has 1 aliphatic rings. The molecule has 1 atom stereocenters. The zero-order valence-electron chi connectivity index (χ0n) is 8.06. The largest absolute Gasteiger partial charge is 0.393 e. The Labute approximate surface area is 76.9 Å². The van der Waals surface area contributed by atoms with Crippen molar-refractivity contribution in [2.24, 2.45) is 11.8 Å². The lowest BCUT2D eigenvalue weighted by Gasteiger charge is -2.19. The summed E-state index contributed by atoms with van der Waals surface area (Å²) in [6, 6.07) is 0. The van der Waals surface area contributed by atoms with E-state index in [4.69, 9.17) is 0 Å². The van der Waals surface area contributed by atoms with Crippen LogP contribution in [0.1, 0.15) is 20.3 Å². The average Bonchev–Trinajstić information content (AvgIpc) is 2.32. The molecular formula is C9H16F3N. The molecule has 0 saturated carbocycles. The van der Waals surface area contributed by atoms with Crippen molar-refractivity contribution in [2.75, 3.05) is 19.6 Å². The minimum atomic E-state index is -3.99. The average molecular weight is 195 g/mol. The number of nitrogens with zero attached hydrogens (tertiary/aromatic N) is 1. The molecule has 1 heterocycles. The monoisotopic (exact) mass is 195 g/mol. The van der Waals surface area contributed by atoms with Crippen LogP contribution in [0.25, 0.3) is 0 Å². The molecular weight excluding hydrogens is 179 g/mol. The molecule has 0 amide bonds. The van der Waals surface area contributed by atoms with Gasteiger partial charge in [0.15, 0.2) is 0 Å². The Bertz CT molecular complexity index is 165. The molecule has 1 nitrogen and oxygen atoms in total. The van der Waals surface area contributed by atoms with Crippen molar-refractivity contribution < 1.29 is 13.2 Å².